The number of amides is 1. The molecule has 0 aromatic heterocycles. The largest absolute Gasteiger partial charge is 0.481 e. The van der Waals surface area contributed by atoms with Crippen LogP contribution in [0, 0.1) is 11.8 Å². The van der Waals surface area contributed by atoms with Gasteiger partial charge in [0.2, 0.25) is 5.91 Å². The van der Waals surface area contributed by atoms with Crippen molar-refractivity contribution in [3.8, 4) is 0 Å². The molecule has 1 aliphatic carbocycles. The maximum Gasteiger partial charge on any atom is 0.307 e. The zero-order chi connectivity index (χ0) is 14.2. The zero-order valence-electron chi connectivity index (χ0n) is 10.9. The minimum Gasteiger partial charge on any atom is -0.481 e. The first kappa shape index (κ1) is 14.3. The number of carbonyl (C=O) groups is 2. The molecule has 108 valence electrons. The van der Waals surface area contributed by atoms with Crippen molar-refractivity contribution in [1.29, 1.82) is 0 Å². The van der Waals surface area contributed by atoms with E-state index in [0.29, 0.717) is 12.8 Å². The van der Waals surface area contributed by atoms with Crippen LogP contribution in [0.5, 0.6) is 0 Å². The first-order chi connectivity index (χ1) is 8.82. The maximum absolute atomic E-state index is 12.4. The molecule has 1 amide bonds. The summed E-state index contributed by atoms with van der Waals surface area (Å²) in [6, 6.07) is -0.360. The second-order valence-corrected chi connectivity index (χ2v) is 7.71. The van der Waals surface area contributed by atoms with Crippen LogP contribution in [-0.4, -0.2) is 54.4 Å². The quantitative estimate of drug-likeness (QED) is 0.780. The molecule has 0 aromatic rings. The SMILES string of the molecule is CC1CS(=O)(=O)CCN1C(=O)[C@@H]1CCC[C@@H]1C(=O)O. The van der Waals surface area contributed by atoms with Gasteiger partial charge in [-0.1, -0.05) is 6.42 Å². The molecule has 6 nitrogen and oxygen atoms in total. The Morgan fingerprint density at radius 3 is 2.42 bits per heavy atom. The van der Waals surface area contributed by atoms with E-state index in [2.05, 4.69) is 0 Å². The summed E-state index contributed by atoms with van der Waals surface area (Å²) in [6.45, 7) is 1.89. The number of carbonyl (C=O) groups excluding carboxylic acids is 1. The molecule has 7 heteroatoms. The van der Waals surface area contributed by atoms with Crippen LogP contribution in [0.15, 0.2) is 0 Å². The average molecular weight is 289 g/mol. The lowest BCUT2D eigenvalue weighted by Crippen LogP contribution is -2.52. The molecule has 2 fully saturated rings. The highest BCUT2D eigenvalue weighted by molar-refractivity contribution is 7.91. The smallest absolute Gasteiger partial charge is 0.307 e. The highest BCUT2D eigenvalue weighted by Crippen LogP contribution is 2.34. The molecule has 1 heterocycles. The van der Waals surface area contributed by atoms with Gasteiger partial charge in [0.1, 0.15) is 0 Å². The van der Waals surface area contributed by atoms with Crippen LogP contribution in [0.25, 0.3) is 0 Å². The Balaban J connectivity index is 2.10. The Bertz CT molecular complexity index is 486. The molecule has 19 heavy (non-hydrogen) atoms. The number of nitrogens with zero attached hydrogens (tertiary/aromatic N) is 1. The van der Waals surface area contributed by atoms with E-state index in [0.717, 1.165) is 6.42 Å². The lowest BCUT2D eigenvalue weighted by Gasteiger charge is -2.35. The van der Waals surface area contributed by atoms with E-state index in [1.807, 2.05) is 0 Å². The molecule has 2 aliphatic rings. The average Bonchev–Trinajstić information content (AvgIpc) is 2.75. The van der Waals surface area contributed by atoms with Crippen LogP contribution in [0.1, 0.15) is 26.2 Å². The Kier molecular flexibility index (Phi) is 3.85. The molecule has 1 aliphatic heterocycles. The predicted molar refractivity (Wildman–Crippen MR) is 68.3 cm³/mol. The Hall–Kier alpha value is -1.11. The highest BCUT2D eigenvalue weighted by Gasteiger charge is 2.42. The first-order valence-corrected chi connectivity index (χ1v) is 8.37. The number of carboxylic acid groups (broad SMARTS) is 1. The van der Waals surface area contributed by atoms with Crippen molar-refractivity contribution < 1.29 is 23.1 Å². The topological polar surface area (TPSA) is 91.8 Å². The standard InChI is InChI=1S/C12H19NO5S/c1-8-7-19(17,18)6-5-13(8)11(14)9-3-2-4-10(9)12(15)16/h8-10H,2-7H2,1H3,(H,15,16)/t8?,9-,10+/m1/s1. The molecule has 3 atom stereocenters. The molecular formula is C12H19NO5S. The van der Waals surface area contributed by atoms with E-state index in [-0.39, 0.29) is 30.0 Å². The van der Waals surface area contributed by atoms with Gasteiger partial charge in [-0.25, -0.2) is 8.42 Å². The Morgan fingerprint density at radius 2 is 1.84 bits per heavy atom. The van der Waals surface area contributed by atoms with Crippen molar-refractivity contribution >= 4 is 21.7 Å². The number of aliphatic carboxylic acids is 1. The van der Waals surface area contributed by atoms with Crippen LogP contribution < -0.4 is 0 Å². The lowest BCUT2D eigenvalue weighted by atomic mass is 9.94. The lowest BCUT2D eigenvalue weighted by molar-refractivity contribution is -0.149. The monoisotopic (exact) mass is 289 g/mol. The molecule has 2 rings (SSSR count). The second-order valence-electron chi connectivity index (χ2n) is 5.48. The molecule has 0 bridgehead atoms. The van der Waals surface area contributed by atoms with Crippen LogP contribution in [0.2, 0.25) is 0 Å². The van der Waals surface area contributed by atoms with Crippen LogP contribution in [0.3, 0.4) is 0 Å². The summed E-state index contributed by atoms with van der Waals surface area (Å²) in [5.41, 5.74) is 0. The van der Waals surface area contributed by atoms with Gasteiger partial charge in [-0.15, -0.1) is 0 Å². The number of sulfone groups is 1. The third-order valence-electron chi connectivity index (χ3n) is 4.10. The van der Waals surface area contributed by atoms with Gasteiger partial charge >= 0.3 is 5.97 Å². The molecule has 1 saturated heterocycles. The van der Waals surface area contributed by atoms with Gasteiger partial charge in [-0.3, -0.25) is 9.59 Å². The minimum atomic E-state index is -3.06. The highest BCUT2D eigenvalue weighted by atomic mass is 32.2. The van der Waals surface area contributed by atoms with Gasteiger partial charge in [-0.2, -0.15) is 0 Å². The van der Waals surface area contributed by atoms with Gasteiger partial charge in [0.05, 0.1) is 23.3 Å². The fraction of sp³-hybridized carbons (Fsp3) is 0.833. The van der Waals surface area contributed by atoms with Gasteiger partial charge in [0.15, 0.2) is 9.84 Å². The number of hydrogen-bond donors (Lipinski definition) is 1. The third-order valence-corrected chi connectivity index (χ3v) is 5.90. The molecule has 1 unspecified atom stereocenters. The fourth-order valence-electron chi connectivity index (χ4n) is 3.09. The van der Waals surface area contributed by atoms with Gasteiger partial charge < -0.3 is 10.0 Å². The number of rotatable bonds is 2. The van der Waals surface area contributed by atoms with Crippen molar-refractivity contribution in [3.05, 3.63) is 0 Å². The van der Waals surface area contributed by atoms with Crippen molar-refractivity contribution in [3.63, 3.8) is 0 Å². The van der Waals surface area contributed by atoms with Crippen molar-refractivity contribution in [1.82, 2.24) is 4.90 Å². The van der Waals surface area contributed by atoms with E-state index in [1.165, 1.54) is 0 Å². The van der Waals surface area contributed by atoms with E-state index in [9.17, 15) is 18.0 Å². The number of carboxylic acids is 1. The molecule has 0 aromatic carbocycles. The van der Waals surface area contributed by atoms with Crippen molar-refractivity contribution in [2.24, 2.45) is 11.8 Å². The minimum absolute atomic E-state index is 0.0203. The normalized spacial score (nSPS) is 34.2. The molecule has 1 saturated carbocycles. The maximum atomic E-state index is 12.4. The molecular weight excluding hydrogens is 270 g/mol. The van der Waals surface area contributed by atoms with Crippen molar-refractivity contribution in [2.45, 2.75) is 32.2 Å². The molecule has 1 N–H and O–H groups in total. The summed E-state index contributed by atoms with van der Waals surface area (Å²) < 4.78 is 23.0. The van der Waals surface area contributed by atoms with Crippen LogP contribution >= 0.6 is 0 Å². The van der Waals surface area contributed by atoms with E-state index in [4.69, 9.17) is 5.11 Å². The van der Waals surface area contributed by atoms with Gasteiger partial charge in [0.25, 0.3) is 0 Å². The summed E-state index contributed by atoms with van der Waals surface area (Å²) in [4.78, 5) is 25.1. The van der Waals surface area contributed by atoms with Crippen LogP contribution in [-0.2, 0) is 19.4 Å². The Labute approximate surface area is 112 Å². The first-order valence-electron chi connectivity index (χ1n) is 6.55. The Morgan fingerprint density at radius 1 is 1.21 bits per heavy atom. The summed E-state index contributed by atoms with van der Waals surface area (Å²) in [6.07, 6.45) is 1.87. The zero-order valence-corrected chi connectivity index (χ0v) is 11.7. The van der Waals surface area contributed by atoms with Crippen LogP contribution in [0.4, 0.5) is 0 Å². The summed E-state index contributed by atoms with van der Waals surface area (Å²) >= 11 is 0. The van der Waals surface area contributed by atoms with E-state index < -0.39 is 27.6 Å². The van der Waals surface area contributed by atoms with Crippen molar-refractivity contribution in [2.75, 3.05) is 18.1 Å². The summed E-state index contributed by atoms with van der Waals surface area (Å²) in [5.74, 6) is -2.25. The predicted octanol–water partition coefficient (Wildman–Crippen LogP) is 0.133. The second kappa shape index (κ2) is 5.11. The van der Waals surface area contributed by atoms with Gasteiger partial charge in [-0.05, 0) is 19.8 Å². The fourth-order valence-corrected chi connectivity index (χ4v) is 4.65. The number of hydrogen-bond acceptors (Lipinski definition) is 4. The van der Waals surface area contributed by atoms with Gasteiger partial charge in [0, 0.05) is 12.6 Å². The van der Waals surface area contributed by atoms with E-state index in [1.54, 1.807) is 11.8 Å². The third kappa shape index (κ3) is 2.91. The molecule has 0 spiro atoms. The molecule has 0 radical (unpaired) electrons. The summed E-state index contributed by atoms with van der Waals surface area (Å²) in [7, 11) is -3.06. The van der Waals surface area contributed by atoms with E-state index >= 15 is 0 Å². The summed E-state index contributed by atoms with van der Waals surface area (Å²) in [5, 5.41) is 9.11.